The van der Waals surface area contributed by atoms with Crippen molar-refractivity contribution in [1.82, 2.24) is 25.2 Å². The predicted octanol–water partition coefficient (Wildman–Crippen LogP) is 1.45. The maximum Gasteiger partial charge on any atom is 0.252 e. The highest BCUT2D eigenvalue weighted by Crippen LogP contribution is 2.05. The van der Waals surface area contributed by atoms with E-state index in [9.17, 15) is 4.79 Å². The molecule has 0 fully saturated rings. The number of aromatic nitrogens is 3. The molecule has 2 aromatic heterocycles. The van der Waals surface area contributed by atoms with Crippen molar-refractivity contribution in [2.75, 3.05) is 19.6 Å². The summed E-state index contributed by atoms with van der Waals surface area (Å²) in [5.74, 6) is 0.629. The fraction of sp³-hybridized carbons (Fsp3) is 0.308. The number of hydrogen-bond donors (Lipinski definition) is 2. The average molecular weight is 332 g/mol. The summed E-state index contributed by atoms with van der Waals surface area (Å²) in [5.41, 5.74) is 0.556. The molecular weight excluding hydrogens is 313 g/mol. The molecule has 0 aliphatic rings. The van der Waals surface area contributed by atoms with Crippen LogP contribution in [0.25, 0.3) is 5.82 Å². The molecule has 0 saturated carbocycles. The van der Waals surface area contributed by atoms with Crippen LogP contribution in [-0.4, -0.2) is 40.1 Å². The van der Waals surface area contributed by atoms with E-state index in [4.69, 9.17) is 0 Å². The topological polar surface area (TPSA) is 71.8 Å². The van der Waals surface area contributed by atoms with Crippen molar-refractivity contribution < 1.29 is 4.79 Å². The van der Waals surface area contributed by atoms with Gasteiger partial charge in [0.25, 0.3) is 5.91 Å². The van der Waals surface area contributed by atoms with Gasteiger partial charge in [0.2, 0.25) is 0 Å². The molecule has 0 spiro atoms. The van der Waals surface area contributed by atoms with E-state index in [0.29, 0.717) is 12.1 Å². The van der Waals surface area contributed by atoms with Gasteiger partial charge in [0.1, 0.15) is 12.1 Å². The third-order valence-corrected chi connectivity index (χ3v) is 2.62. The summed E-state index contributed by atoms with van der Waals surface area (Å²) in [4.78, 5) is 20.0. The van der Waals surface area contributed by atoms with Gasteiger partial charge in [-0.2, -0.15) is 0 Å². The van der Waals surface area contributed by atoms with Crippen LogP contribution in [0.4, 0.5) is 0 Å². The molecule has 0 aliphatic carbocycles. The quantitative estimate of drug-likeness (QED) is 0.786. The first-order valence-electron chi connectivity index (χ1n) is 6.24. The first kappa shape index (κ1) is 19.4. The van der Waals surface area contributed by atoms with Crippen molar-refractivity contribution in [2.45, 2.75) is 6.92 Å². The van der Waals surface area contributed by atoms with E-state index in [2.05, 4.69) is 20.6 Å². The lowest BCUT2D eigenvalue weighted by Crippen LogP contribution is -2.31. The lowest BCUT2D eigenvalue weighted by molar-refractivity contribution is 0.0953. The molecule has 0 aliphatic heterocycles. The highest BCUT2D eigenvalue weighted by Gasteiger charge is 2.05. The van der Waals surface area contributed by atoms with Gasteiger partial charge in [0, 0.05) is 31.7 Å². The Labute approximate surface area is 136 Å². The first-order valence-corrected chi connectivity index (χ1v) is 6.24. The molecule has 2 rings (SSSR count). The molecule has 0 saturated heterocycles. The molecule has 116 valence electrons. The Hall–Kier alpha value is -1.63. The van der Waals surface area contributed by atoms with E-state index >= 15 is 0 Å². The number of carbonyl (C=O) groups excluding carboxylic acids is 1. The fourth-order valence-corrected chi connectivity index (χ4v) is 1.61. The minimum atomic E-state index is -0.109. The number of pyridine rings is 1. The van der Waals surface area contributed by atoms with Crippen LogP contribution in [0.15, 0.2) is 37.1 Å². The van der Waals surface area contributed by atoms with Gasteiger partial charge < -0.3 is 10.6 Å². The van der Waals surface area contributed by atoms with Gasteiger partial charge in [-0.05, 0) is 18.7 Å². The Kier molecular flexibility index (Phi) is 9.36. The highest BCUT2D eigenvalue weighted by molar-refractivity contribution is 5.93. The van der Waals surface area contributed by atoms with Crippen molar-refractivity contribution in [3.05, 3.63) is 42.6 Å². The van der Waals surface area contributed by atoms with Crippen LogP contribution in [-0.2, 0) is 0 Å². The van der Waals surface area contributed by atoms with Gasteiger partial charge in [-0.3, -0.25) is 9.36 Å². The maximum atomic E-state index is 11.8. The van der Waals surface area contributed by atoms with Crippen molar-refractivity contribution in [3.8, 4) is 5.82 Å². The van der Waals surface area contributed by atoms with Crippen LogP contribution in [0.3, 0.4) is 0 Å². The molecule has 1 amide bonds. The maximum absolute atomic E-state index is 11.8. The number of carbonyl (C=O) groups is 1. The second kappa shape index (κ2) is 10.1. The van der Waals surface area contributed by atoms with Crippen LogP contribution in [0, 0.1) is 0 Å². The summed E-state index contributed by atoms with van der Waals surface area (Å²) in [6.45, 7) is 4.30. The summed E-state index contributed by atoms with van der Waals surface area (Å²) in [6.07, 6.45) is 6.72. The molecule has 2 N–H and O–H groups in total. The molecule has 6 nitrogen and oxygen atoms in total. The fourth-order valence-electron chi connectivity index (χ4n) is 1.61. The lowest BCUT2D eigenvalue weighted by Gasteiger charge is -2.06. The molecule has 2 aromatic rings. The van der Waals surface area contributed by atoms with Crippen molar-refractivity contribution in [3.63, 3.8) is 0 Å². The van der Waals surface area contributed by atoms with E-state index in [1.54, 1.807) is 41.6 Å². The van der Waals surface area contributed by atoms with Crippen LogP contribution in [0.5, 0.6) is 0 Å². The third-order valence-electron chi connectivity index (χ3n) is 2.62. The normalized spacial score (nSPS) is 9.38. The number of imidazole rings is 1. The predicted molar refractivity (Wildman–Crippen MR) is 86.7 cm³/mol. The van der Waals surface area contributed by atoms with Crippen molar-refractivity contribution in [2.24, 2.45) is 0 Å². The molecule has 21 heavy (non-hydrogen) atoms. The summed E-state index contributed by atoms with van der Waals surface area (Å²) < 4.78 is 1.78. The Morgan fingerprint density at radius 1 is 1.29 bits per heavy atom. The monoisotopic (exact) mass is 331 g/mol. The molecule has 0 aromatic carbocycles. The number of hydrogen-bond acceptors (Lipinski definition) is 4. The zero-order valence-corrected chi connectivity index (χ0v) is 13.3. The number of halogens is 2. The van der Waals surface area contributed by atoms with Crippen LogP contribution < -0.4 is 10.6 Å². The van der Waals surface area contributed by atoms with Gasteiger partial charge >= 0.3 is 0 Å². The Morgan fingerprint density at radius 2 is 2.10 bits per heavy atom. The Bertz CT molecular complexity index is 516. The van der Waals surface area contributed by atoms with Gasteiger partial charge in [0.05, 0.1) is 5.56 Å². The summed E-state index contributed by atoms with van der Waals surface area (Å²) in [7, 11) is 0. The zero-order chi connectivity index (χ0) is 13.5. The number of rotatable bonds is 6. The van der Waals surface area contributed by atoms with E-state index in [1.807, 2.05) is 6.92 Å². The van der Waals surface area contributed by atoms with Gasteiger partial charge in [-0.15, -0.1) is 24.8 Å². The van der Waals surface area contributed by atoms with E-state index in [-0.39, 0.29) is 30.7 Å². The summed E-state index contributed by atoms with van der Waals surface area (Å²) in [6, 6.07) is 3.55. The Balaban J connectivity index is 0.00000200. The molecule has 8 heteroatoms. The van der Waals surface area contributed by atoms with Crippen LogP contribution >= 0.6 is 24.8 Å². The first-order chi connectivity index (χ1) is 9.31. The molecule has 2 heterocycles. The number of likely N-dealkylation sites (N-methyl/N-ethyl adjacent to an activating group) is 1. The lowest BCUT2D eigenvalue weighted by atomic mass is 10.2. The molecule has 0 atom stereocenters. The number of amides is 1. The van der Waals surface area contributed by atoms with Gasteiger partial charge in [-0.25, -0.2) is 9.97 Å². The summed E-state index contributed by atoms with van der Waals surface area (Å²) in [5, 5.41) is 5.97. The second-order valence-corrected chi connectivity index (χ2v) is 3.98. The molecular formula is C13H19Cl2N5O. The van der Waals surface area contributed by atoms with Crippen LogP contribution in [0.2, 0.25) is 0 Å². The van der Waals surface area contributed by atoms with Crippen molar-refractivity contribution in [1.29, 1.82) is 0 Å². The van der Waals surface area contributed by atoms with Crippen molar-refractivity contribution >= 4 is 30.7 Å². The third kappa shape index (κ3) is 5.71. The largest absolute Gasteiger partial charge is 0.351 e. The van der Waals surface area contributed by atoms with Crippen LogP contribution in [0.1, 0.15) is 17.3 Å². The average Bonchev–Trinajstić information content (AvgIpc) is 2.98. The number of nitrogens with one attached hydrogen (secondary N) is 2. The second-order valence-electron chi connectivity index (χ2n) is 3.98. The standard InChI is InChI=1S/C13H17N5O.2ClH/c1-2-14-5-6-16-13(19)11-3-4-12(17-9-11)18-8-7-15-10-18;;/h3-4,7-10,14H,2,5-6H2,1H3,(H,16,19);2*1H. The smallest absolute Gasteiger partial charge is 0.252 e. The molecule has 0 unspecified atom stereocenters. The Morgan fingerprint density at radius 3 is 2.67 bits per heavy atom. The molecule has 0 bridgehead atoms. The van der Waals surface area contributed by atoms with E-state index in [0.717, 1.165) is 18.9 Å². The molecule has 0 radical (unpaired) electrons. The highest BCUT2D eigenvalue weighted by atomic mass is 35.5. The van der Waals surface area contributed by atoms with E-state index in [1.165, 1.54) is 0 Å². The SMILES string of the molecule is CCNCCNC(=O)c1ccc(-n2ccnc2)nc1.Cl.Cl. The zero-order valence-electron chi connectivity index (χ0n) is 11.7. The summed E-state index contributed by atoms with van der Waals surface area (Å²) >= 11 is 0. The van der Waals surface area contributed by atoms with Gasteiger partial charge in [-0.1, -0.05) is 6.92 Å². The number of nitrogens with zero attached hydrogens (tertiary/aromatic N) is 3. The minimum absolute atomic E-state index is 0. The minimum Gasteiger partial charge on any atom is -0.351 e. The van der Waals surface area contributed by atoms with Gasteiger partial charge in [0.15, 0.2) is 0 Å². The van der Waals surface area contributed by atoms with E-state index < -0.39 is 0 Å².